The van der Waals surface area contributed by atoms with Crippen LogP contribution in [0.3, 0.4) is 0 Å². The molecule has 94 valence electrons. The minimum Gasteiger partial charge on any atom is -0.493 e. The Morgan fingerprint density at radius 2 is 2.29 bits per heavy atom. The molecule has 1 atom stereocenters. The van der Waals surface area contributed by atoms with Gasteiger partial charge in [-0.2, -0.15) is 0 Å². The largest absolute Gasteiger partial charge is 0.493 e. The first-order valence-electron chi connectivity index (χ1n) is 6.05. The van der Waals surface area contributed by atoms with Crippen molar-refractivity contribution in [1.29, 1.82) is 0 Å². The second-order valence-electron chi connectivity index (χ2n) is 4.38. The third-order valence-corrected chi connectivity index (χ3v) is 3.49. The normalized spacial score (nSPS) is 16.2. The van der Waals surface area contributed by atoms with E-state index in [1.54, 1.807) is 0 Å². The SMILES string of the molecule is NCCCC(O)c1cc(Br)cc2c1OCCC2. The van der Waals surface area contributed by atoms with E-state index in [4.69, 9.17) is 10.5 Å². The predicted octanol–water partition coefficient (Wildman–Crippen LogP) is 2.55. The maximum absolute atomic E-state index is 10.2. The van der Waals surface area contributed by atoms with E-state index in [2.05, 4.69) is 22.0 Å². The second-order valence-corrected chi connectivity index (χ2v) is 5.30. The number of ether oxygens (including phenoxy) is 1. The lowest BCUT2D eigenvalue weighted by molar-refractivity contribution is 0.157. The number of hydrogen-bond acceptors (Lipinski definition) is 3. The third kappa shape index (κ3) is 3.00. The molecule has 17 heavy (non-hydrogen) atoms. The standard InChI is InChI=1S/C13H18BrNO2/c14-10-7-9-3-2-6-17-13(9)11(8-10)12(16)4-1-5-15/h7-8,12,16H,1-6,15H2. The third-order valence-electron chi connectivity index (χ3n) is 3.04. The Morgan fingerprint density at radius 3 is 3.06 bits per heavy atom. The molecule has 3 nitrogen and oxygen atoms in total. The predicted molar refractivity (Wildman–Crippen MR) is 71.2 cm³/mol. The average Bonchev–Trinajstić information content (AvgIpc) is 2.34. The van der Waals surface area contributed by atoms with E-state index >= 15 is 0 Å². The number of aryl methyl sites for hydroxylation is 1. The number of aliphatic hydroxyl groups excluding tert-OH is 1. The molecule has 0 amide bonds. The van der Waals surface area contributed by atoms with Crippen LogP contribution >= 0.6 is 15.9 Å². The summed E-state index contributed by atoms with van der Waals surface area (Å²) < 4.78 is 6.70. The minimum atomic E-state index is -0.483. The van der Waals surface area contributed by atoms with Crippen molar-refractivity contribution in [1.82, 2.24) is 0 Å². The van der Waals surface area contributed by atoms with Crippen LogP contribution in [0.15, 0.2) is 16.6 Å². The smallest absolute Gasteiger partial charge is 0.128 e. The zero-order valence-electron chi connectivity index (χ0n) is 9.79. The van der Waals surface area contributed by atoms with Crippen LogP contribution in [0.2, 0.25) is 0 Å². The van der Waals surface area contributed by atoms with Crippen molar-refractivity contribution in [3.8, 4) is 5.75 Å². The van der Waals surface area contributed by atoms with Crippen LogP contribution < -0.4 is 10.5 Å². The van der Waals surface area contributed by atoms with Gasteiger partial charge in [-0.3, -0.25) is 0 Å². The summed E-state index contributed by atoms with van der Waals surface area (Å²) in [6, 6.07) is 4.03. The van der Waals surface area contributed by atoms with Gasteiger partial charge in [0.15, 0.2) is 0 Å². The van der Waals surface area contributed by atoms with Gasteiger partial charge >= 0.3 is 0 Å². The van der Waals surface area contributed by atoms with E-state index in [1.165, 1.54) is 5.56 Å². The molecule has 0 aliphatic carbocycles. The van der Waals surface area contributed by atoms with E-state index in [-0.39, 0.29) is 0 Å². The molecule has 0 saturated heterocycles. The zero-order chi connectivity index (χ0) is 12.3. The van der Waals surface area contributed by atoms with Crippen LogP contribution in [0.5, 0.6) is 5.75 Å². The Hall–Kier alpha value is -0.580. The van der Waals surface area contributed by atoms with Gasteiger partial charge in [0.2, 0.25) is 0 Å². The lowest BCUT2D eigenvalue weighted by atomic mass is 9.97. The number of hydrogen-bond donors (Lipinski definition) is 2. The molecule has 0 saturated carbocycles. The van der Waals surface area contributed by atoms with Gasteiger partial charge in [0.05, 0.1) is 12.7 Å². The topological polar surface area (TPSA) is 55.5 Å². The lowest BCUT2D eigenvalue weighted by Crippen LogP contribution is -2.13. The summed E-state index contributed by atoms with van der Waals surface area (Å²) in [6.45, 7) is 1.35. The summed E-state index contributed by atoms with van der Waals surface area (Å²) in [5.74, 6) is 0.879. The maximum atomic E-state index is 10.2. The number of aliphatic hydroxyl groups is 1. The van der Waals surface area contributed by atoms with E-state index in [1.807, 2.05) is 6.07 Å². The quantitative estimate of drug-likeness (QED) is 0.898. The Bertz CT molecular complexity index is 395. The molecule has 1 unspecified atom stereocenters. The number of benzene rings is 1. The molecule has 3 N–H and O–H groups in total. The highest BCUT2D eigenvalue weighted by molar-refractivity contribution is 9.10. The summed E-state index contributed by atoms with van der Waals surface area (Å²) in [7, 11) is 0. The van der Waals surface area contributed by atoms with Crippen molar-refractivity contribution in [3.63, 3.8) is 0 Å². The molecule has 0 spiro atoms. The van der Waals surface area contributed by atoms with Gasteiger partial charge in [-0.05, 0) is 49.9 Å². The zero-order valence-corrected chi connectivity index (χ0v) is 11.4. The van der Waals surface area contributed by atoms with Crippen LogP contribution in [0.25, 0.3) is 0 Å². The summed E-state index contributed by atoms with van der Waals surface area (Å²) in [6.07, 6.45) is 3.08. The van der Waals surface area contributed by atoms with Gasteiger partial charge in [0, 0.05) is 10.0 Å². The molecule has 4 heteroatoms. The van der Waals surface area contributed by atoms with E-state index in [0.29, 0.717) is 13.0 Å². The van der Waals surface area contributed by atoms with Crippen molar-refractivity contribution < 1.29 is 9.84 Å². The van der Waals surface area contributed by atoms with Crippen LogP contribution in [-0.2, 0) is 6.42 Å². The average molecular weight is 300 g/mol. The van der Waals surface area contributed by atoms with Crippen LogP contribution in [-0.4, -0.2) is 18.3 Å². The van der Waals surface area contributed by atoms with E-state index in [9.17, 15) is 5.11 Å². The highest BCUT2D eigenvalue weighted by Crippen LogP contribution is 2.37. The lowest BCUT2D eigenvalue weighted by Gasteiger charge is -2.23. The van der Waals surface area contributed by atoms with E-state index < -0.39 is 6.10 Å². The van der Waals surface area contributed by atoms with Crippen LogP contribution in [0.1, 0.15) is 36.5 Å². The molecule has 1 heterocycles. The van der Waals surface area contributed by atoms with Crippen molar-refractivity contribution in [2.24, 2.45) is 5.73 Å². The van der Waals surface area contributed by atoms with Gasteiger partial charge in [0.1, 0.15) is 5.75 Å². The molecule has 1 aromatic carbocycles. The maximum Gasteiger partial charge on any atom is 0.128 e. The molecule has 1 aliphatic heterocycles. The Morgan fingerprint density at radius 1 is 1.47 bits per heavy atom. The van der Waals surface area contributed by atoms with Gasteiger partial charge < -0.3 is 15.6 Å². The van der Waals surface area contributed by atoms with Crippen LogP contribution in [0, 0.1) is 0 Å². The Kier molecular flexibility index (Phi) is 4.42. The monoisotopic (exact) mass is 299 g/mol. The molecular formula is C13H18BrNO2. The van der Waals surface area contributed by atoms with Crippen molar-refractivity contribution in [3.05, 3.63) is 27.7 Å². The first kappa shape index (κ1) is 12.9. The summed E-state index contributed by atoms with van der Waals surface area (Å²) >= 11 is 3.49. The van der Waals surface area contributed by atoms with Crippen molar-refractivity contribution >= 4 is 15.9 Å². The molecule has 0 aromatic heterocycles. The summed E-state index contributed by atoms with van der Waals surface area (Å²) in [5, 5.41) is 10.2. The second kappa shape index (κ2) is 5.85. The molecular weight excluding hydrogens is 282 g/mol. The van der Waals surface area contributed by atoms with Crippen molar-refractivity contribution in [2.75, 3.05) is 13.2 Å². The fourth-order valence-corrected chi connectivity index (χ4v) is 2.71. The van der Waals surface area contributed by atoms with Gasteiger partial charge in [-0.15, -0.1) is 0 Å². The van der Waals surface area contributed by atoms with Crippen molar-refractivity contribution in [2.45, 2.75) is 31.8 Å². The highest BCUT2D eigenvalue weighted by Gasteiger charge is 2.20. The summed E-state index contributed by atoms with van der Waals surface area (Å²) in [4.78, 5) is 0. The fourth-order valence-electron chi connectivity index (χ4n) is 2.19. The summed E-state index contributed by atoms with van der Waals surface area (Å²) in [5.41, 5.74) is 7.55. The van der Waals surface area contributed by atoms with Crippen LogP contribution in [0.4, 0.5) is 0 Å². The number of fused-ring (bicyclic) bond motifs is 1. The fraction of sp³-hybridized carbons (Fsp3) is 0.538. The molecule has 0 radical (unpaired) electrons. The van der Waals surface area contributed by atoms with E-state index in [0.717, 1.165) is 41.7 Å². The van der Waals surface area contributed by atoms with Gasteiger partial charge in [-0.1, -0.05) is 15.9 Å². The first-order chi connectivity index (χ1) is 8.22. The van der Waals surface area contributed by atoms with Gasteiger partial charge in [0.25, 0.3) is 0 Å². The first-order valence-corrected chi connectivity index (χ1v) is 6.85. The number of halogens is 1. The highest BCUT2D eigenvalue weighted by atomic mass is 79.9. The molecule has 1 aromatic rings. The Labute approximate surface area is 110 Å². The minimum absolute atomic E-state index is 0.483. The molecule has 0 fully saturated rings. The van der Waals surface area contributed by atoms with Gasteiger partial charge in [-0.25, -0.2) is 0 Å². The Balaban J connectivity index is 2.28. The number of nitrogens with two attached hydrogens (primary N) is 1. The molecule has 2 rings (SSSR count). The molecule has 0 bridgehead atoms. The number of rotatable bonds is 4. The molecule has 1 aliphatic rings.